The molecule has 0 radical (unpaired) electrons. The van der Waals surface area contributed by atoms with Crippen molar-refractivity contribution >= 4 is 5.78 Å². The minimum atomic E-state index is 0.569. The van der Waals surface area contributed by atoms with Gasteiger partial charge in [0.15, 0.2) is 0 Å². The minimum absolute atomic E-state index is 0.569. The lowest BCUT2D eigenvalue weighted by atomic mass is 9.73. The van der Waals surface area contributed by atoms with Crippen molar-refractivity contribution in [1.82, 2.24) is 0 Å². The van der Waals surface area contributed by atoms with Crippen molar-refractivity contribution in [2.45, 2.75) is 19.3 Å². The summed E-state index contributed by atoms with van der Waals surface area (Å²) in [6, 6.07) is 0. The summed E-state index contributed by atoms with van der Waals surface area (Å²) < 4.78 is 0. The SMILES string of the molecule is O=C1[C@@H]2[C@@H]3[C@@H]4[C@H]5[C@H]6[C@H](C[C@@H]1[C@H]63)[C@@H]1[C@@H]3CC[C@@H]6[C@@H]3[C@H]([C@@H]15)[C@H]4[C@H]62. The first-order valence-corrected chi connectivity index (χ1v) is 9.91. The molecular weight excluding hydrogens is 256 g/mol. The predicted molar refractivity (Wildman–Crippen MR) is 74.7 cm³/mol. The number of hydrogen-bond donors (Lipinski definition) is 0. The van der Waals surface area contributed by atoms with Gasteiger partial charge in [0.1, 0.15) is 5.78 Å². The molecule has 0 aromatic rings. The zero-order chi connectivity index (χ0) is 12.9. The normalized spacial score (nSPS) is 87.5. The highest BCUT2D eigenvalue weighted by atomic mass is 16.1. The number of fused-ring (bicyclic) bond motifs is 4. The van der Waals surface area contributed by atoms with Crippen LogP contribution in [-0.4, -0.2) is 5.78 Å². The van der Waals surface area contributed by atoms with Gasteiger partial charge >= 0.3 is 0 Å². The molecule has 108 valence electrons. The number of hydrogen-bond acceptors (Lipinski definition) is 1. The van der Waals surface area contributed by atoms with Gasteiger partial charge in [0.2, 0.25) is 0 Å². The van der Waals surface area contributed by atoms with Crippen LogP contribution in [0.15, 0.2) is 0 Å². The van der Waals surface area contributed by atoms with Crippen molar-refractivity contribution < 1.29 is 4.79 Å². The fourth-order valence-electron chi connectivity index (χ4n) is 12.7. The van der Waals surface area contributed by atoms with Crippen molar-refractivity contribution in [3.8, 4) is 0 Å². The molecule has 0 aromatic carbocycles. The van der Waals surface area contributed by atoms with Crippen LogP contribution in [0.2, 0.25) is 0 Å². The van der Waals surface area contributed by atoms with Crippen LogP contribution in [-0.2, 0) is 4.79 Å². The standard InChI is InChI=1S/C20H22O/c21-20-7-3-6-9-4-1-2-5-8(4)13-14(9)16-11(6)12(7)17-18(16)15(13)10(5)19(17)20/h4-19H,1-3H2/t4-,5-,6-,7-,8-,9+,10+,11+,12-,13-,14-,15-,16+,17+,18+,19+/m1/s1. The summed E-state index contributed by atoms with van der Waals surface area (Å²) in [5.74, 6) is 16.8. The number of carbonyl (C=O) groups excluding carboxylic acids is 1. The molecule has 9 saturated carbocycles. The number of ketones is 1. The smallest absolute Gasteiger partial charge is 0.139 e. The third kappa shape index (κ3) is 0.606. The average Bonchev–Trinajstić information content (AvgIpc) is 3.17. The molecule has 9 rings (SSSR count). The number of rotatable bonds is 0. The third-order valence-corrected chi connectivity index (χ3v) is 11.6. The van der Waals surface area contributed by atoms with Gasteiger partial charge in [0.05, 0.1) is 0 Å². The van der Waals surface area contributed by atoms with E-state index < -0.39 is 0 Å². The Morgan fingerprint density at radius 1 is 0.571 bits per heavy atom. The van der Waals surface area contributed by atoms with Gasteiger partial charge in [0, 0.05) is 11.8 Å². The Bertz CT molecular complexity index is 658. The minimum Gasteiger partial charge on any atom is -0.299 e. The van der Waals surface area contributed by atoms with Gasteiger partial charge < -0.3 is 0 Å². The summed E-state index contributed by atoms with van der Waals surface area (Å²) in [6.07, 6.45) is 4.46. The molecule has 9 aliphatic rings. The third-order valence-electron chi connectivity index (χ3n) is 11.6. The molecule has 0 unspecified atom stereocenters. The summed E-state index contributed by atoms with van der Waals surface area (Å²) in [5.41, 5.74) is 0. The highest BCUT2D eigenvalue weighted by Gasteiger charge is 2.88. The molecular formula is C20H22O. The summed E-state index contributed by atoms with van der Waals surface area (Å²) in [5, 5.41) is 0. The van der Waals surface area contributed by atoms with Crippen molar-refractivity contribution in [3.05, 3.63) is 0 Å². The molecule has 9 fully saturated rings. The number of Topliss-reactive ketones (excluding diaryl/α,β-unsaturated/α-hetero) is 1. The Hall–Kier alpha value is -0.330. The molecule has 0 aromatic heterocycles. The molecule has 0 spiro atoms. The van der Waals surface area contributed by atoms with Gasteiger partial charge in [-0.15, -0.1) is 0 Å². The first-order chi connectivity index (χ1) is 10.4. The van der Waals surface area contributed by atoms with E-state index in [9.17, 15) is 4.79 Å². The van der Waals surface area contributed by atoms with Crippen LogP contribution in [0, 0.1) is 94.7 Å². The van der Waals surface area contributed by atoms with Crippen LogP contribution in [0.25, 0.3) is 0 Å². The van der Waals surface area contributed by atoms with Crippen molar-refractivity contribution in [2.24, 2.45) is 94.7 Å². The molecule has 9 aliphatic carbocycles. The van der Waals surface area contributed by atoms with Crippen LogP contribution in [0.1, 0.15) is 19.3 Å². The van der Waals surface area contributed by atoms with Crippen molar-refractivity contribution in [3.63, 3.8) is 0 Å². The Kier molecular flexibility index (Phi) is 1.10. The van der Waals surface area contributed by atoms with Crippen LogP contribution in [0.4, 0.5) is 0 Å². The maximum absolute atomic E-state index is 13.3. The zero-order valence-corrected chi connectivity index (χ0v) is 12.3. The Morgan fingerprint density at radius 3 is 2.05 bits per heavy atom. The largest absolute Gasteiger partial charge is 0.299 e. The monoisotopic (exact) mass is 278 g/mol. The van der Waals surface area contributed by atoms with E-state index in [0.717, 1.165) is 82.7 Å². The molecule has 0 amide bonds. The molecule has 1 nitrogen and oxygen atoms in total. The van der Waals surface area contributed by atoms with E-state index in [1.54, 1.807) is 6.42 Å². The molecule has 16 atom stereocenters. The quantitative estimate of drug-likeness (QED) is 0.666. The van der Waals surface area contributed by atoms with Gasteiger partial charge in [-0.25, -0.2) is 0 Å². The lowest BCUT2D eigenvalue weighted by Gasteiger charge is -2.31. The van der Waals surface area contributed by atoms with Crippen LogP contribution >= 0.6 is 0 Å². The Morgan fingerprint density at radius 2 is 1.19 bits per heavy atom. The highest BCUT2D eigenvalue weighted by molar-refractivity contribution is 5.88. The topological polar surface area (TPSA) is 17.1 Å². The second-order valence-electron chi connectivity index (χ2n) is 10.7. The van der Waals surface area contributed by atoms with E-state index >= 15 is 0 Å². The van der Waals surface area contributed by atoms with E-state index in [4.69, 9.17) is 0 Å². The van der Waals surface area contributed by atoms with Gasteiger partial charge in [-0.2, -0.15) is 0 Å². The average molecular weight is 278 g/mol. The second kappa shape index (κ2) is 2.38. The Balaban J connectivity index is 1.48. The highest BCUT2D eigenvalue weighted by Crippen LogP contribution is 2.91. The molecule has 21 heavy (non-hydrogen) atoms. The van der Waals surface area contributed by atoms with E-state index in [-0.39, 0.29) is 0 Å². The van der Waals surface area contributed by atoms with Crippen LogP contribution < -0.4 is 0 Å². The first kappa shape index (κ1) is 9.73. The molecule has 0 heterocycles. The number of carbonyl (C=O) groups is 1. The summed E-state index contributed by atoms with van der Waals surface area (Å²) in [4.78, 5) is 13.3. The second-order valence-corrected chi connectivity index (χ2v) is 10.7. The van der Waals surface area contributed by atoms with E-state index in [2.05, 4.69) is 0 Å². The zero-order valence-electron chi connectivity index (χ0n) is 12.3. The molecule has 0 saturated heterocycles. The summed E-state index contributed by atoms with van der Waals surface area (Å²) >= 11 is 0. The maximum Gasteiger partial charge on any atom is 0.139 e. The summed E-state index contributed by atoms with van der Waals surface area (Å²) in [6.45, 7) is 0. The molecule has 0 N–H and O–H groups in total. The summed E-state index contributed by atoms with van der Waals surface area (Å²) in [7, 11) is 0. The van der Waals surface area contributed by atoms with E-state index in [1.165, 1.54) is 18.8 Å². The first-order valence-electron chi connectivity index (χ1n) is 9.91. The van der Waals surface area contributed by atoms with Gasteiger partial charge in [0.25, 0.3) is 0 Å². The van der Waals surface area contributed by atoms with Gasteiger partial charge in [-0.05, 0) is 102 Å². The predicted octanol–water partition coefficient (Wildman–Crippen LogP) is 2.71. The van der Waals surface area contributed by atoms with Crippen LogP contribution in [0.5, 0.6) is 0 Å². The van der Waals surface area contributed by atoms with E-state index in [0.29, 0.717) is 11.8 Å². The van der Waals surface area contributed by atoms with Crippen molar-refractivity contribution in [2.75, 3.05) is 0 Å². The van der Waals surface area contributed by atoms with Gasteiger partial charge in [-0.3, -0.25) is 4.79 Å². The lowest BCUT2D eigenvalue weighted by Crippen LogP contribution is -2.31. The maximum atomic E-state index is 13.3. The molecule has 1 heteroatoms. The molecule has 0 aliphatic heterocycles. The van der Waals surface area contributed by atoms with E-state index in [1.807, 2.05) is 0 Å². The Labute approximate surface area is 125 Å². The van der Waals surface area contributed by atoms with Crippen molar-refractivity contribution in [1.29, 1.82) is 0 Å². The fraction of sp³-hybridized carbons (Fsp3) is 0.950. The fourth-order valence-corrected chi connectivity index (χ4v) is 12.7. The lowest BCUT2D eigenvalue weighted by molar-refractivity contribution is -0.126. The molecule has 0 bridgehead atoms. The van der Waals surface area contributed by atoms with Crippen LogP contribution in [0.3, 0.4) is 0 Å². The van der Waals surface area contributed by atoms with Gasteiger partial charge in [-0.1, -0.05) is 0 Å².